The molecule has 1 amide bonds. The topological polar surface area (TPSA) is 86.6 Å². The number of hydrogen-bond acceptors (Lipinski definition) is 3. The number of carboxylic acid groups (broad SMARTS) is 1. The fourth-order valence-electron chi connectivity index (χ4n) is 1.25. The van der Waals surface area contributed by atoms with Gasteiger partial charge in [-0.1, -0.05) is 29.8 Å². The van der Waals surface area contributed by atoms with E-state index in [9.17, 15) is 9.59 Å². The highest BCUT2D eigenvalue weighted by Gasteiger charge is 2.16. The Morgan fingerprint density at radius 3 is 2.44 bits per heavy atom. The summed E-state index contributed by atoms with van der Waals surface area (Å²) >= 11 is 0. The van der Waals surface area contributed by atoms with Gasteiger partial charge in [-0.3, -0.25) is 4.79 Å². The number of benzene rings is 1. The van der Waals surface area contributed by atoms with Crippen molar-refractivity contribution >= 4 is 18.0 Å². The molecule has 96 valence electrons. The molecule has 1 atom stereocenters. The van der Waals surface area contributed by atoms with Crippen LogP contribution in [-0.2, 0) is 9.59 Å². The zero-order valence-electron chi connectivity index (χ0n) is 9.96. The molecule has 0 saturated carbocycles. The lowest BCUT2D eigenvalue weighted by Crippen LogP contribution is -2.42. The summed E-state index contributed by atoms with van der Waals surface area (Å²) in [4.78, 5) is 22.0. The maximum absolute atomic E-state index is 11.4. The van der Waals surface area contributed by atoms with Crippen LogP contribution >= 0.6 is 0 Å². The van der Waals surface area contributed by atoms with Gasteiger partial charge in [0.2, 0.25) is 5.91 Å². The number of carboxylic acids is 1. The minimum atomic E-state index is -1.28. The Morgan fingerprint density at radius 2 is 1.94 bits per heavy atom. The number of rotatable bonds is 5. The quantitative estimate of drug-likeness (QED) is 0.666. The Hall–Kier alpha value is -2.14. The third-order valence-corrected chi connectivity index (χ3v) is 2.30. The summed E-state index contributed by atoms with van der Waals surface area (Å²) in [5.41, 5.74) is 1.95. The summed E-state index contributed by atoms with van der Waals surface area (Å²) in [6, 6.07) is 6.23. The van der Waals surface area contributed by atoms with Crippen LogP contribution in [0.5, 0.6) is 0 Å². The van der Waals surface area contributed by atoms with Crippen LogP contribution < -0.4 is 5.32 Å². The van der Waals surface area contributed by atoms with E-state index >= 15 is 0 Å². The maximum Gasteiger partial charge on any atom is 0.328 e. The average molecular weight is 249 g/mol. The van der Waals surface area contributed by atoms with Crippen LogP contribution in [-0.4, -0.2) is 34.7 Å². The number of carbonyl (C=O) groups excluding carboxylic acids is 1. The van der Waals surface area contributed by atoms with Crippen LogP contribution in [0.4, 0.5) is 0 Å². The highest BCUT2D eigenvalue weighted by Crippen LogP contribution is 2.04. The van der Waals surface area contributed by atoms with Gasteiger partial charge < -0.3 is 15.5 Å². The van der Waals surface area contributed by atoms with Gasteiger partial charge >= 0.3 is 5.97 Å². The van der Waals surface area contributed by atoms with Gasteiger partial charge in [-0.15, -0.1) is 0 Å². The van der Waals surface area contributed by atoms with E-state index in [0.29, 0.717) is 0 Å². The second-order valence-electron chi connectivity index (χ2n) is 3.83. The first kappa shape index (κ1) is 13.9. The van der Waals surface area contributed by atoms with Gasteiger partial charge in [0.25, 0.3) is 0 Å². The van der Waals surface area contributed by atoms with Crippen molar-refractivity contribution in [3.8, 4) is 0 Å². The van der Waals surface area contributed by atoms with Crippen molar-refractivity contribution in [2.45, 2.75) is 13.0 Å². The molecular formula is C13H15NO4. The minimum absolute atomic E-state index is 0.558. The van der Waals surface area contributed by atoms with E-state index in [-0.39, 0.29) is 0 Å². The van der Waals surface area contributed by atoms with Crippen LogP contribution in [0.3, 0.4) is 0 Å². The number of nitrogens with one attached hydrogen (secondary N) is 1. The van der Waals surface area contributed by atoms with E-state index in [0.717, 1.165) is 11.1 Å². The number of aliphatic carboxylic acids is 1. The van der Waals surface area contributed by atoms with Crippen LogP contribution in [0.2, 0.25) is 0 Å². The van der Waals surface area contributed by atoms with Crippen molar-refractivity contribution in [2.75, 3.05) is 6.61 Å². The van der Waals surface area contributed by atoms with E-state index in [1.807, 2.05) is 31.2 Å². The third-order valence-electron chi connectivity index (χ3n) is 2.30. The molecule has 0 fully saturated rings. The van der Waals surface area contributed by atoms with Gasteiger partial charge in [0, 0.05) is 6.08 Å². The van der Waals surface area contributed by atoms with Crippen molar-refractivity contribution in [3.05, 3.63) is 41.5 Å². The first-order chi connectivity index (χ1) is 8.52. The molecule has 0 unspecified atom stereocenters. The van der Waals surface area contributed by atoms with Crippen molar-refractivity contribution in [3.63, 3.8) is 0 Å². The molecule has 18 heavy (non-hydrogen) atoms. The number of aliphatic hydroxyl groups is 1. The Labute approximate surface area is 105 Å². The molecule has 1 aromatic rings. The van der Waals surface area contributed by atoms with Crippen molar-refractivity contribution in [2.24, 2.45) is 0 Å². The number of aliphatic hydroxyl groups excluding tert-OH is 1. The van der Waals surface area contributed by atoms with Gasteiger partial charge in [-0.2, -0.15) is 0 Å². The van der Waals surface area contributed by atoms with E-state index in [1.165, 1.54) is 6.08 Å². The average Bonchev–Trinajstić information content (AvgIpc) is 2.35. The van der Waals surface area contributed by atoms with Crippen LogP contribution in [0.25, 0.3) is 6.08 Å². The SMILES string of the molecule is Cc1ccc(/C=C/C(=O)N[C@@H](CO)C(=O)O)cc1. The van der Waals surface area contributed by atoms with E-state index in [4.69, 9.17) is 10.2 Å². The smallest absolute Gasteiger partial charge is 0.328 e. The lowest BCUT2D eigenvalue weighted by atomic mass is 10.1. The van der Waals surface area contributed by atoms with Gasteiger partial charge in [0.05, 0.1) is 6.61 Å². The summed E-state index contributed by atoms with van der Waals surface area (Å²) in [6.07, 6.45) is 2.81. The molecule has 0 aromatic heterocycles. The van der Waals surface area contributed by atoms with Gasteiger partial charge in [-0.25, -0.2) is 4.79 Å². The molecule has 1 aromatic carbocycles. The largest absolute Gasteiger partial charge is 0.480 e. The first-order valence-corrected chi connectivity index (χ1v) is 5.42. The summed E-state index contributed by atoms with van der Waals surface area (Å²) < 4.78 is 0. The molecule has 0 saturated heterocycles. The molecule has 1 rings (SSSR count). The number of carbonyl (C=O) groups is 2. The molecule has 0 bridgehead atoms. The second-order valence-corrected chi connectivity index (χ2v) is 3.83. The Bertz CT molecular complexity index is 451. The molecular weight excluding hydrogens is 234 g/mol. The number of hydrogen-bond donors (Lipinski definition) is 3. The number of aryl methyl sites for hydroxylation is 1. The van der Waals surface area contributed by atoms with E-state index < -0.39 is 24.5 Å². The lowest BCUT2D eigenvalue weighted by molar-refractivity contribution is -0.142. The Morgan fingerprint density at radius 1 is 1.33 bits per heavy atom. The fraction of sp³-hybridized carbons (Fsp3) is 0.231. The van der Waals surface area contributed by atoms with E-state index in [1.54, 1.807) is 6.08 Å². The molecule has 0 aliphatic rings. The predicted molar refractivity (Wildman–Crippen MR) is 66.9 cm³/mol. The van der Waals surface area contributed by atoms with Crippen molar-refractivity contribution in [1.82, 2.24) is 5.32 Å². The summed E-state index contributed by atoms with van der Waals surface area (Å²) in [5, 5.41) is 19.6. The van der Waals surface area contributed by atoms with Crippen LogP contribution in [0.1, 0.15) is 11.1 Å². The molecule has 3 N–H and O–H groups in total. The normalized spacial score (nSPS) is 12.3. The molecule has 0 heterocycles. The number of amides is 1. The Balaban J connectivity index is 2.59. The van der Waals surface area contributed by atoms with Crippen LogP contribution in [0.15, 0.2) is 30.3 Å². The maximum atomic E-state index is 11.4. The predicted octanol–water partition coefficient (Wildman–Crippen LogP) is 0.570. The minimum Gasteiger partial charge on any atom is -0.480 e. The zero-order chi connectivity index (χ0) is 13.5. The molecule has 5 heteroatoms. The first-order valence-electron chi connectivity index (χ1n) is 5.42. The zero-order valence-corrected chi connectivity index (χ0v) is 9.96. The molecule has 0 radical (unpaired) electrons. The highest BCUT2D eigenvalue weighted by atomic mass is 16.4. The van der Waals surface area contributed by atoms with E-state index in [2.05, 4.69) is 5.32 Å². The Kier molecular flexibility index (Phi) is 5.07. The fourth-order valence-corrected chi connectivity index (χ4v) is 1.25. The standard InChI is InChI=1S/C13H15NO4/c1-9-2-4-10(5-3-9)6-7-12(16)14-11(8-15)13(17)18/h2-7,11,15H,8H2,1H3,(H,14,16)(H,17,18)/b7-6+/t11-/m0/s1. The van der Waals surface area contributed by atoms with Gasteiger partial charge in [0.1, 0.15) is 0 Å². The van der Waals surface area contributed by atoms with Gasteiger partial charge in [-0.05, 0) is 18.6 Å². The highest BCUT2D eigenvalue weighted by molar-refractivity contribution is 5.94. The lowest BCUT2D eigenvalue weighted by Gasteiger charge is -2.09. The van der Waals surface area contributed by atoms with Crippen molar-refractivity contribution < 1.29 is 19.8 Å². The van der Waals surface area contributed by atoms with Crippen LogP contribution in [0, 0.1) is 6.92 Å². The molecule has 0 spiro atoms. The molecule has 5 nitrogen and oxygen atoms in total. The summed E-state index contributed by atoms with van der Waals surface area (Å²) in [5.74, 6) is -1.83. The third kappa shape index (κ3) is 4.39. The second kappa shape index (κ2) is 6.56. The summed E-state index contributed by atoms with van der Waals surface area (Å²) in [7, 11) is 0. The molecule has 0 aliphatic carbocycles. The summed E-state index contributed by atoms with van der Waals surface area (Å²) in [6.45, 7) is 1.32. The molecule has 0 aliphatic heterocycles. The van der Waals surface area contributed by atoms with Crippen molar-refractivity contribution in [1.29, 1.82) is 0 Å². The van der Waals surface area contributed by atoms with Gasteiger partial charge in [0.15, 0.2) is 6.04 Å². The monoisotopic (exact) mass is 249 g/mol.